The summed E-state index contributed by atoms with van der Waals surface area (Å²) in [7, 11) is -4.18. The fourth-order valence-corrected chi connectivity index (χ4v) is 3.22. The van der Waals surface area contributed by atoms with Crippen LogP contribution < -0.4 is 51.4 Å². The molecular formula is C15H16KNO3S. The third kappa shape index (κ3) is 2.78. The van der Waals surface area contributed by atoms with Crippen molar-refractivity contribution >= 4 is 32.3 Å². The number of hydrogen-bond acceptors (Lipinski definition) is 3. The van der Waals surface area contributed by atoms with Crippen molar-refractivity contribution in [1.29, 1.82) is 0 Å². The molecule has 0 fully saturated rings. The SMILES string of the molecule is CC1=Nc2ccc3cc(S(=O)(=O)O)ccc3c2C1(C)C.[H-].[K+]. The number of fused-ring (bicyclic) bond motifs is 3. The van der Waals surface area contributed by atoms with E-state index in [9.17, 15) is 8.42 Å². The van der Waals surface area contributed by atoms with E-state index in [-0.39, 0.29) is 63.1 Å². The van der Waals surface area contributed by atoms with E-state index in [1.54, 1.807) is 6.07 Å². The first-order valence-electron chi connectivity index (χ1n) is 6.32. The minimum Gasteiger partial charge on any atom is -1.00 e. The second kappa shape index (κ2) is 5.52. The van der Waals surface area contributed by atoms with Gasteiger partial charge in [-0.3, -0.25) is 9.55 Å². The van der Waals surface area contributed by atoms with E-state index >= 15 is 0 Å². The molecule has 2 aromatic carbocycles. The minimum atomic E-state index is -4.18. The molecule has 6 heteroatoms. The van der Waals surface area contributed by atoms with Crippen molar-refractivity contribution in [2.45, 2.75) is 31.1 Å². The molecule has 0 saturated carbocycles. The van der Waals surface area contributed by atoms with Gasteiger partial charge in [0.15, 0.2) is 0 Å². The van der Waals surface area contributed by atoms with Gasteiger partial charge in [0.2, 0.25) is 0 Å². The van der Waals surface area contributed by atoms with Crippen LogP contribution in [0.5, 0.6) is 0 Å². The zero-order valence-corrected chi connectivity index (χ0v) is 16.4. The second-order valence-electron chi connectivity index (χ2n) is 5.64. The minimum absolute atomic E-state index is 0. The summed E-state index contributed by atoms with van der Waals surface area (Å²) in [5.41, 5.74) is 2.90. The van der Waals surface area contributed by atoms with E-state index in [2.05, 4.69) is 18.8 Å². The molecule has 106 valence electrons. The molecule has 0 saturated heterocycles. The Morgan fingerprint density at radius 3 is 2.48 bits per heavy atom. The van der Waals surface area contributed by atoms with E-state index < -0.39 is 10.1 Å². The monoisotopic (exact) mass is 329 g/mol. The quantitative estimate of drug-likeness (QED) is 0.615. The summed E-state index contributed by atoms with van der Waals surface area (Å²) in [5, 5.41) is 1.76. The zero-order valence-electron chi connectivity index (χ0n) is 13.5. The molecule has 0 unspecified atom stereocenters. The summed E-state index contributed by atoms with van der Waals surface area (Å²) in [5.74, 6) is 0. The van der Waals surface area contributed by atoms with Crippen LogP contribution in [-0.2, 0) is 15.5 Å². The largest absolute Gasteiger partial charge is 1.00 e. The molecule has 0 radical (unpaired) electrons. The average Bonchev–Trinajstić information content (AvgIpc) is 2.58. The molecule has 0 aliphatic carbocycles. The van der Waals surface area contributed by atoms with Crippen molar-refractivity contribution in [2.24, 2.45) is 4.99 Å². The van der Waals surface area contributed by atoms with E-state index in [1.807, 2.05) is 19.1 Å². The molecule has 1 aliphatic heterocycles. The van der Waals surface area contributed by atoms with Gasteiger partial charge < -0.3 is 1.43 Å². The van der Waals surface area contributed by atoms with E-state index in [0.717, 1.165) is 27.7 Å². The predicted octanol–water partition coefficient (Wildman–Crippen LogP) is 0.587. The van der Waals surface area contributed by atoms with Gasteiger partial charge in [0, 0.05) is 11.1 Å². The van der Waals surface area contributed by atoms with Crippen LogP contribution in [0.15, 0.2) is 40.2 Å². The van der Waals surface area contributed by atoms with Crippen LogP contribution in [0.1, 0.15) is 27.8 Å². The van der Waals surface area contributed by atoms with Crippen LogP contribution in [0.2, 0.25) is 0 Å². The summed E-state index contributed by atoms with van der Waals surface area (Å²) in [4.78, 5) is 4.49. The van der Waals surface area contributed by atoms with Gasteiger partial charge in [0.05, 0.1) is 10.6 Å². The first kappa shape index (κ1) is 17.3. The van der Waals surface area contributed by atoms with Gasteiger partial charge in [-0.15, -0.1) is 0 Å². The van der Waals surface area contributed by atoms with Crippen molar-refractivity contribution in [1.82, 2.24) is 0 Å². The molecule has 0 atom stereocenters. The van der Waals surface area contributed by atoms with Crippen molar-refractivity contribution in [2.75, 3.05) is 0 Å². The molecular weight excluding hydrogens is 313 g/mol. The Balaban J connectivity index is 0.00000121. The third-order valence-corrected chi connectivity index (χ3v) is 4.93. The molecule has 3 rings (SSSR count). The Morgan fingerprint density at radius 2 is 1.86 bits per heavy atom. The van der Waals surface area contributed by atoms with Gasteiger partial charge in [0.1, 0.15) is 0 Å². The van der Waals surface area contributed by atoms with Gasteiger partial charge in [-0.2, -0.15) is 8.42 Å². The van der Waals surface area contributed by atoms with Crippen LogP contribution in [-0.4, -0.2) is 18.7 Å². The van der Waals surface area contributed by atoms with Crippen molar-refractivity contribution in [3.8, 4) is 0 Å². The second-order valence-corrected chi connectivity index (χ2v) is 7.06. The van der Waals surface area contributed by atoms with Crippen LogP contribution in [0.4, 0.5) is 5.69 Å². The zero-order chi connectivity index (χ0) is 14.7. The third-order valence-electron chi connectivity index (χ3n) is 4.08. The number of rotatable bonds is 1. The Bertz CT molecular complexity index is 876. The van der Waals surface area contributed by atoms with Gasteiger partial charge in [0.25, 0.3) is 10.1 Å². The Labute approximate surface area is 168 Å². The summed E-state index contributed by atoms with van der Waals surface area (Å²) >= 11 is 0. The standard InChI is InChI=1S/C15H15NO3S.K.H/c1-9-15(2,3)14-12-6-5-11(20(17,18)19)8-10(12)4-7-13(14)16-9;;/h4-8H,1-3H3,(H,17,18,19);;/q;+1;-1. The van der Waals surface area contributed by atoms with Crippen LogP contribution in [0, 0.1) is 0 Å². The van der Waals surface area contributed by atoms with Gasteiger partial charge >= 0.3 is 51.4 Å². The molecule has 0 aromatic heterocycles. The average molecular weight is 329 g/mol. The van der Waals surface area contributed by atoms with Gasteiger partial charge in [-0.25, -0.2) is 0 Å². The van der Waals surface area contributed by atoms with Crippen molar-refractivity contribution in [3.63, 3.8) is 0 Å². The number of nitrogens with zero attached hydrogens (tertiary/aromatic N) is 1. The Morgan fingerprint density at radius 1 is 1.19 bits per heavy atom. The summed E-state index contributed by atoms with van der Waals surface area (Å²) in [6, 6.07) is 8.40. The molecule has 0 bridgehead atoms. The smallest absolute Gasteiger partial charge is 1.00 e. The van der Waals surface area contributed by atoms with Crippen LogP contribution >= 0.6 is 0 Å². The number of aliphatic imine (C=N–C) groups is 1. The summed E-state index contributed by atoms with van der Waals surface area (Å²) < 4.78 is 31.6. The summed E-state index contributed by atoms with van der Waals surface area (Å²) in [6.45, 7) is 6.21. The Hall–Kier alpha value is -0.0836. The van der Waals surface area contributed by atoms with Crippen molar-refractivity contribution in [3.05, 3.63) is 35.9 Å². The molecule has 4 nitrogen and oxygen atoms in total. The molecule has 0 spiro atoms. The van der Waals surface area contributed by atoms with Crippen LogP contribution in [0.25, 0.3) is 10.8 Å². The van der Waals surface area contributed by atoms with Crippen molar-refractivity contribution < 1.29 is 65.8 Å². The first-order valence-corrected chi connectivity index (χ1v) is 7.76. The molecule has 21 heavy (non-hydrogen) atoms. The number of hydrogen-bond donors (Lipinski definition) is 1. The van der Waals surface area contributed by atoms with Crippen LogP contribution in [0.3, 0.4) is 0 Å². The molecule has 1 aliphatic rings. The molecule has 0 amide bonds. The van der Waals surface area contributed by atoms with Gasteiger partial charge in [-0.05, 0) is 41.5 Å². The fraction of sp³-hybridized carbons (Fsp3) is 0.267. The van der Waals surface area contributed by atoms with Gasteiger partial charge in [-0.1, -0.05) is 26.0 Å². The number of benzene rings is 2. The molecule has 2 aromatic rings. The maximum atomic E-state index is 11.2. The maximum Gasteiger partial charge on any atom is 1.00 e. The van der Waals surface area contributed by atoms with E-state index in [4.69, 9.17) is 4.55 Å². The Kier molecular flexibility index (Phi) is 4.54. The predicted molar refractivity (Wildman–Crippen MR) is 80.7 cm³/mol. The topological polar surface area (TPSA) is 66.7 Å². The fourth-order valence-electron chi connectivity index (χ4n) is 2.71. The molecule has 1 heterocycles. The van der Waals surface area contributed by atoms with E-state index in [1.165, 1.54) is 12.1 Å². The molecule has 1 N–H and O–H groups in total. The van der Waals surface area contributed by atoms with E-state index in [0.29, 0.717) is 0 Å². The first-order chi connectivity index (χ1) is 9.21. The maximum absolute atomic E-state index is 11.2. The normalized spacial score (nSPS) is 16.3. The summed E-state index contributed by atoms with van der Waals surface area (Å²) in [6.07, 6.45) is 0.